The average molecular weight is 231 g/mol. The molecule has 2 nitrogen and oxygen atoms in total. The van der Waals surface area contributed by atoms with Crippen molar-refractivity contribution in [2.75, 3.05) is 19.6 Å². The van der Waals surface area contributed by atoms with Gasteiger partial charge in [0.05, 0.1) is 5.60 Å². The summed E-state index contributed by atoms with van der Waals surface area (Å²) in [4.78, 5) is 2.42. The third kappa shape index (κ3) is 2.24. The number of rotatable bonds is 3. The maximum atomic E-state index is 10.8. The second-order valence-corrected chi connectivity index (χ2v) is 5.64. The van der Waals surface area contributed by atoms with E-state index in [1.807, 2.05) is 6.07 Å². The topological polar surface area (TPSA) is 23.5 Å². The van der Waals surface area contributed by atoms with Crippen LogP contribution in [0.3, 0.4) is 0 Å². The molecule has 1 aromatic rings. The third-order valence-corrected chi connectivity index (χ3v) is 4.53. The number of piperidine rings is 3. The van der Waals surface area contributed by atoms with Gasteiger partial charge in [-0.2, -0.15) is 0 Å². The number of aliphatic hydroxyl groups is 1. The molecule has 0 saturated carbocycles. The van der Waals surface area contributed by atoms with Gasteiger partial charge in [-0.15, -0.1) is 0 Å². The largest absolute Gasteiger partial charge is 0.388 e. The van der Waals surface area contributed by atoms with Crippen LogP contribution in [0.2, 0.25) is 0 Å². The molecule has 0 aliphatic carbocycles. The second-order valence-electron chi connectivity index (χ2n) is 5.64. The smallest absolute Gasteiger partial charge is 0.0806 e. The lowest BCUT2D eigenvalue weighted by molar-refractivity contribution is -0.115. The van der Waals surface area contributed by atoms with Gasteiger partial charge in [-0.25, -0.2) is 0 Å². The van der Waals surface area contributed by atoms with Crippen molar-refractivity contribution in [3.05, 3.63) is 35.9 Å². The SMILES string of the molecule is OC1(CCc2ccccc2)CN2CCC1CC2. The molecule has 0 radical (unpaired) electrons. The number of aryl methyl sites for hydroxylation is 1. The maximum Gasteiger partial charge on any atom is 0.0806 e. The quantitative estimate of drug-likeness (QED) is 0.861. The summed E-state index contributed by atoms with van der Waals surface area (Å²) in [5.74, 6) is 0.538. The molecule has 17 heavy (non-hydrogen) atoms. The van der Waals surface area contributed by atoms with E-state index >= 15 is 0 Å². The minimum atomic E-state index is -0.424. The Hall–Kier alpha value is -0.860. The van der Waals surface area contributed by atoms with Crippen molar-refractivity contribution in [3.8, 4) is 0 Å². The molecule has 92 valence electrons. The van der Waals surface area contributed by atoms with Gasteiger partial charge in [0.1, 0.15) is 0 Å². The second kappa shape index (κ2) is 4.43. The Labute approximate surface area is 103 Å². The molecule has 1 unspecified atom stereocenters. The average Bonchev–Trinajstić information content (AvgIpc) is 2.39. The van der Waals surface area contributed by atoms with Gasteiger partial charge in [-0.05, 0) is 50.3 Å². The molecule has 3 aliphatic rings. The summed E-state index contributed by atoms with van der Waals surface area (Å²) in [7, 11) is 0. The van der Waals surface area contributed by atoms with Crippen LogP contribution in [0.4, 0.5) is 0 Å². The molecule has 1 atom stereocenters. The lowest BCUT2D eigenvalue weighted by Crippen LogP contribution is -2.59. The fraction of sp³-hybridized carbons (Fsp3) is 0.600. The van der Waals surface area contributed by atoms with E-state index in [1.54, 1.807) is 0 Å². The van der Waals surface area contributed by atoms with Gasteiger partial charge in [-0.3, -0.25) is 0 Å². The standard InChI is InChI=1S/C15H21NO/c17-15(9-6-13-4-2-1-3-5-13)12-16-10-7-14(15)8-11-16/h1-5,14,17H,6-12H2. The first kappa shape index (κ1) is 11.2. The van der Waals surface area contributed by atoms with E-state index in [0.29, 0.717) is 5.92 Å². The van der Waals surface area contributed by atoms with Crippen LogP contribution < -0.4 is 0 Å². The van der Waals surface area contributed by atoms with Crippen LogP contribution in [0.25, 0.3) is 0 Å². The van der Waals surface area contributed by atoms with Gasteiger partial charge in [-0.1, -0.05) is 30.3 Å². The summed E-state index contributed by atoms with van der Waals surface area (Å²) in [5, 5.41) is 10.8. The fourth-order valence-electron chi connectivity index (χ4n) is 3.43. The normalized spacial score (nSPS) is 36.1. The van der Waals surface area contributed by atoms with Crippen LogP contribution in [0, 0.1) is 5.92 Å². The van der Waals surface area contributed by atoms with Crippen LogP contribution >= 0.6 is 0 Å². The van der Waals surface area contributed by atoms with Crippen LogP contribution in [-0.2, 0) is 6.42 Å². The van der Waals surface area contributed by atoms with Crippen molar-refractivity contribution in [2.24, 2.45) is 5.92 Å². The first-order valence-corrected chi connectivity index (χ1v) is 6.75. The van der Waals surface area contributed by atoms with Crippen molar-refractivity contribution in [1.29, 1.82) is 0 Å². The summed E-state index contributed by atoms with van der Waals surface area (Å²) in [5.41, 5.74) is 0.921. The van der Waals surface area contributed by atoms with E-state index in [4.69, 9.17) is 0 Å². The maximum absolute atomic E-state index is 10.8. The van der Waals surface area contributed by atoms with Gasteiger partial charge in [0.15, 0.2) is 0 Å². The van der Waals surface area contributed by atoms with Crippen molar-refractivity contribution in [1.82, 2.24) is 4.90 Å². The molecule has 3 heterocycles. The van der Waals surface area contributed by atoms with Gasteiger partial charge >= 0.3 is 0 Å². The lowest BCUT2D eigenvalue weighted by Gasteiger charge is -2.50. The Morgan fingerprint density at radius 3 is 2.47 bits per heavy atom. The van der Waals surface area contributed by atoms with Gasteiger partial charge in [0.25, 0.3) is 0 Å². The predicted octanol–water partition coefficient (Wildman–Crippen LogP) is 2.08. The molecule has 0 aromatic heterocycles. The molecule has 1 aromatic carbocycles. The van der Waals surface area contributed by atoms with E-state index < -0.39 is 5.60 Å². The highest BCUT2D eigenvalue weighted by Crippen LogP contribution is 2.38. The molecule has 0 spiro atoms. The Balaban J connectivity index is 1.65. The zero-order valence-electron chi connectivity index (χ0n) is 10.3. The summed E-state index contributed by atoms with van der Waals surface area (Å²) >= 11 is 0. The van der Waals surface area contributed by atoms with Gasteiger partial charge in [0, 0.05) is 6.54 Å². The van der Waals surface area contributed by atoms with E-state index in [0.717, 1.165) is 19.4 Å². The predicted molar refractivity (Wildman–Crippen MR) is 68.9 cm³/mol. The number of fused-ring (bicyclic) bond motifs is 3. The van der Waals surface area contributed by atoms with Crippen LogP contribution in [0.1, 0.15) is 24.8 Å². The molecule has 3 saturated heterocycles. The first-order valence-electron chi connectivity index (χ1n) is 6.75. The highest BCUT2D eigenvalue weighted by atomic mass is 16.3. The minimum absolute atomic E-state index is 0.424. The highest BCUT2D eigenvalue weighted by Gasteiger charge is 2.44. The monoisotopic (exact) mass is 231 g/mol. The zero-order chi connectivity index (χ0) is 11.7. The molecule has 0 amide bonds. The van der Waals surface area contributed by atoms with Crippen molar-refractivity contribution in [3.63, 3.8) is 0 Å². The van der Waals surface area contributed by atoms with E-state index in [1.165, 1.54) is 31.5 Å². The van der Waals surface area contributed by atoms with Crippen molar-refractivity contribution >= 4 is 0 Å². The molecular weight excluding hydrogens is 210 g/mol. The molecule has 2 heteroatoms. The minimum Gasteiger partial charge on any atom is -0.388 e. The molecular formula is C15H21NO. The number of hydrogen-bond acceptors (Lipinski definition) is 2. The summed E-state index contributed by atoms with van der Waals surface area (Å²) < 4.78 is 0. The number of hydrogen-bond donors (Lipinski definition) is 1. The van der Waals surface area contributed by atoms with E-state index in [9.17, 15) is 5.11 Å². The summed E-state index contributed by atoms with van der Waals surface area (Å²) in [6, 6.07) is 10.5. The first-order chi connectivity index (χ1) is 8.26. The van der Waals surface area contributed by atoms with Crippen molar-refractivity contribution < 1.29 is 5.11 Å². The van der Waals surface area contributed by atoms with Crippen LogP contribution in [-0.4, -0.2) is 35.2 Å². The number of benzene rings is 1. The Kier molecular flexibility index (Phi) is 2.93. The van der Waals surface area contributed by atoms with Gasteiger partial charge < -0.3 is 10.0 Å². The Morgan fingerprint density at radius 1 is 1.18 bits per heavy atom. The van der Waals surface area contributed by atoms with Gasteiger partial charge in [0.2, 0.25) is 0 Å². The fourth-order valence-corrected chi connectivity index (χ4v) is 3.43. The molecule has 3 aliphatic heterocycles. The number of nitrogens with zero attached hydrogens (tertiary/aromatic N) is 1. The summed E-state index contributed by atoms with van der Waals surface area (Å²) in [6.07, 6.45) is 4.29. The zero-order valence-corrected chi connectivity index (χ0v) is 10.3. The lowest BCUT2D eigenvalue weighted by atomic mass is 9.73. The Morgan fingerprint density at radius 2 is 1.88 bits per heavy atom. The molecule has 1 N–H and O–H groups in total. The Bertz CT molecular complexity index is 370. The molecule has 3 fully saturated rings. The third-order valence-electron chi connectivity index (χ3n) is 4.53. The van der Waals surface area contributed by atoms with Crippen LogP contribution in [0.15, 0.2) is 30.3 Å². The summed E-state index contributed by atoms with van der Waals surface area (Å²) in [6.45, 7) is 3.28. The molecule has 4 rings (SSSR count). The highest BCUT2D eigenvalue weighted by molar-refractivity contribution is 5.15. The van der Waals surface area contributed by atoms with E-state index in [-0.39, 0.29) is 0 Å². The van der Waals surface area contributed by atoms with Crippen molar-refractivity contribution in [2.45, 2.75) is 31.3 Å². The molecule has 2 bridgehead atoms. The van der Waals surface area contributed by atoms with Crippen LogP contribution in [0.5, 0.6) is 0 Å². The van der Waals surface area contributed by atoms with E-state index in [2.05, 4.69) is 29.2 Å².